The summed E-state index contributed by atoms with van der Waals surface area (Å²) < 4.78 is 0. The van der Waals surface area contributed by atoms with E-state index in [0.717, 1.165) is 6.04 Å². The SMILES string of the molecule is CN(CC1(C)CC1)C1CCC1. The van der Waals surface area contributed by atoms with Gasteiger partial charge in [0.25, 0.3) is 0 Å². The second-order valence-corrected chi connectivity index (χ2v) is 4.81. The van der Waals surface area contributed by atoms with Crippen LogP contribution in [0.2, 0.25) is 0 Å². The lowest BCUT2D eigenvalue weighted by atomic mass is 9.91. The van der Waals surface area contributed by atoms with Gasteiger partial charge in [-0.25, -0.2) is 0 Å². The molecule has 2 aliphatic rings. The van der Waals surface area contributed by atoms with E-state index in [1.807, 2.05) is 0 Å². The summed E-state index contributed by atoms with van der Waals surface area (Å²) in [4.78, 5) is 2.58. The summed E-state index contributed by atoms with van der Waals surface area (Å²) in [7, 11) is 2.30. The van der Waals surface area contributed by atoms with E-state index in [2.05, 4.69) is 18.9 Å². The van der Waals surface area contributed by atoms with Crippen LogP contribution in [0.25, 0.3) is 0 Å². The average Bonchev–Trinajstić information content (AvgIpc) is 2.41. The molecule has 0 aromatic heterocycles. The summed E-state index contributed by atoms with van der Waals surface area (Å²) in [5.74, 6) is 0. The van der Waals surface area contributed by atoms with E-state index in [-0.39, 0.29) is 0 Å². The third kappa shape index (κ3) is 1.58. The Kier molecular flexibility index (Phi) is 1.71. The molecule has 2 saturated carbocycles. The normalized spacial score (nSPS) is 28.6. The van der Waals surface area contributed by atoms with Gasteiger partial charge in [-0.05, 0) is 38.1 Å². The first-order valence-corrected chi connectivity index (χ1v) is 4.90. The summed E-state index contributed by atoms with van der Waals surface area (Å²) in [5.41, 5.74) is 0.713. The molecule has 0 saturated heterocycles. The van der Waals surface area contributed by atoms with Crippen molar-refractivity contribution < 1.29 is 0 Å². The predicted octanol–water partition coefficient (Wildman–Crippen LogP) is 2.27. The molecule has 2 rings (SSSR count). The molecule has 11 heavy (non-hydrogen) atoms. The predicted molar refractivity (Wildman–Crippen MR) is 47.6 cm³/mol. The monoisotopic (exact) mass is 153 g/mol. The molecule has 0 atom stereocenters. The highest BCUT2D eigenvalue weighted by Gasteiger charge is 2.39. The summed E-state index contributed by atoms with van der Waals surface area (Å²) >= 11 is 0. The van der Waals surface area contributed by atoms with Crippen LogP contribution in [0.1, 0.15) is 39.0 Å². The number of hydrogen-bond donors (Lipinski definition) is 0. The second-order valence-electron chi connectivity index (χ2n) is 4.81. The van der Waals surface area contributed by atoms with Crippen molar-refractivity contribution in [3.8, 4) is 0 Å². The largest absolute Gasteiger partial charge is 0.303 e. The zero-order valence-electron chi connectivity index (χ0n) is 7.77. The fourth-order valence-corrected chi connectivity index (χ4v) is 1.93. The van der Waals surface area contributed by atoms with Crippen LogP contribution >= 0.6 is 0 Å². The van der Waals surface area contributed by atoms with Crippen molar-refractivity contribution in [3.05, 3.63) is 0 Å². The molecular weight excluding hydrogens is 134 g/mol. The molecule has 0 radical (unpaired) electrons. The van der Waals surface area contributed by atoms with Gasteiger partial charge < -0.3 is 4.90 Å². The van der Waals surface area contributed by atoms with Gasteiger partial charge >= 0.3 is 0 Å². The van der Waals surface area contributed by atoms with E-state index in [9.17, 15) is 0 Å². The van der Waals surface area contributed by atoms with Crippen LogP contribution in [0.5, 0.6) is 0 Å². The summed E-state index contributed by atoms with van der Waals surface area (Å²) in [6.07, 6.45) is 7.29. The van der Waals surface area contributed by atoms with Crippen LogP contribution in [-0.4, -0.2) is 24.5 Å². The Morgan fingerprint density at radius 3 is 2.36 bits per heavy atom. The van der Waals surface area contributed by atoms with Crippen LogP contribution in [0.15, 0.2) is 0 Å². The lowest BCUT2D eigenvalue weighted by Gasteiger charge is -2.36. The Morgan fingerprint density at radius 1 is 1.36 bits per heavy atom. The third-order valence-electron chi connectivity index (χ3n) is 3.43. The van der Waals surface area contributed by atoms with E-state index in [4.69, 9.17) is 0 Å². The Labute approximate surface area is 69.8 Å². The van der Waals surface area contributed by atoms with E-state index >= 15 is 0 Å². The van der Waals surface area contributed by atoms with Gasteiger partial charge in [0.1, 0.15) is 0 Å². The van der Waals surface area contributed by atoms with Gasteiger partial charge in [-0.3, -0.25) is 0 Å². The molecular formula is C10H19N. The van der Waals surface area contributed by atoms with Crippen LogP contribution in [0.4, 0.5) is 0 Å². The van der Waals surface area contributed by atoms with Gasteiger partial charge in [-0.1, -0.05) is 13.3 Å². The van der Waals surface area contributed by atoms with Crippen LogP contribution in [0, 0.1) is 5.41 Å². The van der Waals surface area contributed by atoms with Gasteiger partial charge in [-0.15, -0.1) is 0 Å². The van der Waals surface area contributed by atoms with Crippen molar-refractivity contribution in [2.45, 2.75) is 45.1 Å². The fourth-order valence-electron chi connectivity index (χ4n) is 1.93. The molecule has 0 aromatic rings. The summed E-state index contributed by atoms with van der Waals surface area (Å²) in [6.45, 7) is 3.76. The number of hydrogen-bond acceptors (Lipinski definition) is 1. The van der Waals surface area contributed by atoms with Crippen LogP contribution in [0.3, 0.4) is 0 Å². The molecule has 0 spiro atoms. The molecule has 0 N–H and O–H groups in total. The molecule has 64 valence electrons. The molecule has 0 aliphatic heterocycles. The average molecular weight is 153 g/mol. The third-order valence-corrected chi connectivity index (χ3v) is 3.43. The van der Waals surface area contributed by atoms with Gasteiger partial charge in [0.15, 0.2) is 0 Å². The molecule has 2 fully saturated rings. The first-order valence-electron chi connectivity index (χ1n) is 4.90. The molecule has 1 nitrogen and oxygen atoms in total. The molecule has 0 amide bonds. The van der Waals surface area contributed by atoms with Crippen molar-refractivity contribution in [2.24, 2.45) is 5.41 Å². The van der Waals surface area contributed by atoms with Gasteiger partial charge in [0.05, 0.1) is 0 Å². The van der Waals surface area contributed by atoms with E-state index in [1.165, 1.54) is 38.6 Å². The minimum atomic E-state index is 0.713. The standard InChI is InChI=1S/C10H19N/c1-10(6-7-10)8-11(2)9-4-3-5-9/h9H,3-8H2,1-2H3. The van der Waals surface area contributed by atoms with Crippen molar-refractivity contribution in [1.82, 2.24) is 4.90 Å². The maximum atomic E-state index is 2.58. The fraction of sp³-hybridized carbons (Fsp3) is 1.00. The molecule has 2 aliphatic carbocycles. The number of rotatable bonds is 3. The Morgan fingerprint density at radius 2 is 2.00 bits per heavy atom. The summed E-state index contributed by atoms with van der Waals surface area (Å²) in [6, 6.07) is 0.937. The molecule has 0 unspecified atom stereocenters. The topological polar surface area (TPSA) is 3.24 Å². The van der Waals surface area contributed by atoms with Crippen molar-refractivity contribution >= 4 is 0 Å². The van der Waals surface area contributed by atoms with Gasteiger partial charge in [0, 0.05) is 12.6 Å². The van der Waals surface area contributed by atoms with Crippen molar-refractivity contribution in [3.63, 3.8) is 0 Å². The Hall–Kier alpha value is -0.0400. The molecule has 0 bridgehead atoms. The highest BCUT2D eigenvalue weighted by atomic mass is 15.1. The van der Waals surface area contributed by atoms with E-state index in [0.29, 0.717) is 5.41 Å². The van der Waals surface area contributed by atoms with Gasteiger partial charge in [-0.2, -0.15) is 0 Å². The lowest BCUT2D eigenvalue weighted by molar-refractivity contribution is 0.136. The summed E-state index contributed by atoms with van der Waals surface area (Å²) in [5, 5.41) is 0. The van der Waals surface area contributed by atoms with Crippen molar-refractivity contribution in [1.29, 1.82) is 0 Å². The molecule has 0 aromatic carbocycles. The first kappa shape index (κ1) is 7.60. The Bertz CT molecular complexity index is 145. The lowest BCUT2D eigenvalue weighted by Crippen LogP contribution is -2.39. The van der Waals surface area contributed by atoms with E-state index in [1.54, 1.807) is 0 Å². The minimum Gasteiger partial charge on any atom is -0.303 e. The highest BCUT2D eigenvalue weighted by Crippen LogP contribution is 2.46. The Balaban J connectivity index is 1.76. The van der Waals surface area contributed by atoms with Crippen molar-refractivity contribution in [2.75, 3.05) is 13.6 Å². The number of nitrogens with zero attached hydrogens (tertiary/aromatic N) is 1. The molecule has 0 heterocycles. The minimum absolute atomic E-state index is 0.713. The van der Waals surface area contributed by atoms with E-state index < -0.39 is 0 Å². The van der Waals surface area contributed by atoms with Crippen LogP contribution in [-0.2, 0) is 0 Å². The smallest absolute Gasteiger partial charge is 0.00924 e. The first-order chi connectivity index (χ1) is 5.20. The maximum absolute atomic E-state index is 2.58. The van der Waals surface area contributed by atoms with Crippen LogP contribution < -0.4 is 0 Å². The second kappa shape index (κ2) is 2.48. The highest BCUT2D eigenvalue weighted by molar-refractivity contribution is 4.92. The zero-order valence-corrected chi connectivity index (χ0v) is 7.77. The maximum Gasteiger partial charge on any atom is 0.00924 e. The van der Waals surface area contributed by atoms with Gasteiger partial charge in [0.2, 0.25) is 0 Å². The quantitative estimate of drug-likeness (QED) is 0.601. The molecule has 1 heteroatoms. The zero-order chi connectivity index (χ0) is 7.90.